The molecule has 34 heavy (non-hydrogen) atoms. The van der Waals surface area contributed by atoms with Crippen molar-refractivity contribution in [2.24, 2.45) is 0 Å². The van der Waals surface area contributed by atoms with E-state index >= 15 is 0 Å². The molecule has 0 bridgehead atoms. The number of aromatic nitrogens is 6. The van der Waals surface area contributed by atoms with Gasteiger partial charge in [-0.25, -0.2) is 9.97 Å². The van der Waals surface area contributed by atoms with Crippen LogP contribution in [0.25, 0.3) is 17.1 Å². The maximum absolute atomic E-state index is 13.0. The molecule has 10 heteroatoms. The van der Waals surface area contributed by atoms with Crippen molar-refractivity contribution in [2.75, 3.05) is 36.8 Å². The molecule has 0 N–H and O–H groups in total. The standard InChI is InChI=1S/C24H24N8OS/c1-18-6-2-3-8-20(18)32-22(19-7-4-9-25-16-19)28-29-24(32)34-17-21(33)30-12-14-31(15-13-30)23-26-10-5-11-27-23/h2-11,16H,12-15,17H2,1H3. The van der Waals surface area contributed by atoms with Crippen LogP contribution in [-0.2, 0) is 4.79 Å². The molecule has 0 unspecified atom stereocenters. The number of rotatable bonds is 6. The van der Waals surface area contributed by atoms with E-state index in [-0.39, 0.29) is 5.91 Å². The van der Waals surface area contributed by atoms with E-state index in [1.54, 1.807) is 30.9 Å². The number of amides is 1. The summed E-state index contributed by atoms with van der Waals surface area (Å²) >= 11 is 1.40. The van der Waals surface area contributed by atoms with Gasteiger partial charge in [0.25, 0.3) is 0 Å². The minimum Gasteiger partial charge on any atom is -0.338 e. The molecule has 3 aromatic heterocycles. The lowest BCUT2D eigenvalue weighted by molar-refractivity contribution is -0.128. The SMILES string of the molecule is Cc1ccccc1-n1c(SCC(=O)N2CCN(c3ncccn3)CC2)nnc1-c1cccnc1. The minimum absolute atomic E-state index is 0.0842. The number of pyridine rings is 1. The Morgan fingerprint density at radius 1 is 0.941 bits per heavy atom. The number of carbonyl (C=O) groups excluding carboxylic acids is 1. The molecule has 5 rings (SSSR count). The number of benzene rings is 1. The molecule has 1 fully saturated rings. The van der Waals surface area contributed by atoms with Crippen LogP contribution >= 0.6 is 11.8 Å². The summed E-state index contributed by atoms with van der Waals surface area (Å²) in [5, 5.41) is 9.55. The van der Waals surface area contributed by atoms with Gasteiger partial charge in [0.15, 0.2) is 11.0 Å². The molecule has 0 spiro atoms. The largest absolute Gasteiger partial charge is 0.338 e. The Morgan fingerprint density at radius 3 is 2.47 bits per heavy atom. The second-order valence-corrected chi connectivity index (χ2v) is 8.82. The monoisotopic (exact) mass is 472 g/mol. The van der Waals surface area contributed by atoms with Crippen molar-refractivity contribution in [2.45, 2.75) is 12.1 Å². The number of piperazine rings is 1. The highest BCUT2D eigenvalue weighted by molar-refractivity contribution is 7.99. The van der Waals surface area contributed by atoms with Crippen molar-refractivity contribution in [1.29, 1.82) is 0 Å². The van der Waals surface area contributed by atoms with Gasteiger partial charge in [0.1, 0.15) is 0 Å². The van der Waals surface area contributed by atoms with Crippen molar-refractivity contribution in [1.82, 2.24) is 34.6 Å². The Morgan fingerprint density at radius 2 is 1.74 bits per heavy atom. The summed E-state index contributed by atoms with van der Waals surface area (Å²) in [6.07, 6.45) is 6.98. The topological polar surface area (TPSA) is 92.9 Å². The van der Waals surface area contributed by atoms with Crippen molar-refractivity contribution in [3.05, 3.63) is 72.8 Å². The van der Waals surface area contributed by atoms with Gasteiger partial charge < -0.3 is 9.80 Å². The highest BCUT2D eigenvalue weighted by Gasteiger charge is 2.24. The first kappa shape index (κ1) is 22.0. The Balaban J connectivity index is 1.31. The van der Waals surface area contributed by atoms with Crippen LogP contribution in [0.2, 0.25) is 0 Å². The number of hydrogen-bond acceptors (Lipinski definition) is 8. The quantitative estimate of drug-likeness (QED) is 0.396. The van der Waals surface area contributed by atoms with Crippen molar-refractivity contribution in [3.8, 4) is 17.1 Å². The Hall–Kier alpha value is -3.79. The first-order valence-electron chi connectivity index (χ1n) is 11.0. The summed E-state index contributed by atoms with van der Waals surface area (Å²) in [5.74, 6) is 1.78. The lowest BCUT2D eigenvalue weighted by Crippen LogP contribution is -2.49. The van der Waals surface area contributed by atoms with E-state index in [1.165, 1.54) is 11.8 Å². The lowest BCUT2D eigenvalue weighted by atomic mass is 10.2. The average molecular weight is 473 g/mol. The van der Waals surface area contributed by atoms with Gasteiger partial charge in [-0.05, 0) is 36.8 Å². The normalized spacial score (nSPS) is 13.8. The molecular weight excluding hydrogens is 448 g/mol. The number of carbonyl (C=O) groups is 1. The summed E-state index contributed by atoms with van der Waals surface area (Å²) in [6.45, 7) is 4.76. The molecule has 1 aromatic carbocycles. The number of para-hydroxylation sites is 1. The zero-order valence-electron chi connectivity index (χ0n) is 18.8. The van der Waals surface area contributed by atoms with E-state index < -0.39 is 0 Å². The van der Waals surface area contributed by atoms with Gasteiger partial charge in [0, 0.05) is 56.5 Å². The van der Waals surface area contributed by atoms with Gasteiger partial charge >= 0.3 is 0 Å². The van der Waals surface area contributed by atoms with Crippen molar-refractivity contribution < 1.29 is 4.79 Å². The number of thioether (sulfide) groups is 1. The predicted octanol–water partition coefficient (Wildman–Crippen LogP) is 2.87. The van der Waals surface area contributed by atoms with Gasteiger partial charge in [-0.15, -0.1) is 10.2 Å². The molecule has 1 amide bonds. The van der Waals surface area contributed by atoms with Gasteiger partial charge in [-0.2, -0.15) is 0 Å². The first-order valence-corrected chi connectivity index (χ1v) is 12.0. The number of nitrogens with zero attached hydrogens (tertiary/aromatic N) is 8. The third-order valence-electron chi connectivity index (χ3n) is 5.70. The second kappa shape index (κ2) is 10.0. The summed E-state index contributed by atoms with van der Waals surface area (Å²) < 4.78 is 2.01. The molecule has 1 saturated heterocycles. The van der Waals surface area contributed by atoms with Crippen LogP contribution in [0.4, 0.5) is 5.95 Å². The molecule has 9 nitrogen and oxygen atoms in total. The third kappa shape index (κ3) is 4.62. The third-order valence-corrected chi connectivity index (χ3v) is 6.62. The van der Waals surface area contributed by atoms with Gasteiger partial charge in [-0.1, -0.05) is 30.0 Å². The van der Waals surface area contributed by atoms with Gasteiger partial charge in [0.05, 0.1) is 11.4 Å². The highest BCUT2D eigenvalue weighted by Crippen LogP contribution is 2.29. The molecule has 0 aliphatic carbocycles. The van der Waals surface area contributed by atoms with E-state index in [2.05, 4.69) is 43.0 Å². The van der Waals surface area contributed by atoms with E-state index in [9.17, 15) is 4.79 Å². The molecule has 172 valence electrons. The van der Waals surface area contributed by atoms with E-state index in [4.69, 9.17) is 0 Å². The summed E-state index contributed by atoms with van der Waals surface area (Å²) in [7, 11) is 0. The van der Waals surface area contributed by atoms with Crippen LogP contribution in [-0.4, -0.2) is 72.5 Å². The van der Waals surface area contributed by atoms with Crippen LogP contribution in [0.5, 0.6) is 0 Å². The van der Waals surface area contributed by atoms with Crippen LogP contribution < -0.4 is 4.90 Å². The van der Waals surface area contributed by atoms with Crippen molar-refractivity contribution >= 4 is 23.6 Å². The molecule has 4 aromatic rings. The van der Waals surface area contributed by atoms with Gasteiger partial charge in [0.2, 0.25) is 11.9 Å². The Bertz CT molecular complexity index is 1260. The maximum atomic E-state index is 13.0. The zero-order valence-corrected chi connectivity index (χ0v) is 19.6. The number of hydrogen-bond donors (Lipinski definition) is 0. The van der Waals surface area contributed by atoms with E-state index in [1.807, 2.05) is 39.8 Å². The predicted molar refractivity (Wildman–Crippen MR) is 131 cm³/mol. The number of aryl methyl sites for hydroxylation is 1. The summed E-state index contributed by atoms with van der Waals surface area (Å²) in [5.41, 5.74) is 2.95. The molecule has 4 heterocycles. The molecule has 1 aliphatic heterocycles. The fourth-order valence-corrected chi connectivity index (χ4v) is 4.75. The molecular formula is C24H24N8OS. The molecule has 0 atom stereocenters. The van der Waals surface area contributed by atoms with E-state index in [0.717, 1.165) is 16.8 Å². The lowest BCUT2D eigenvalue weighted by Gasteiger charge is -2.34. The van der Waals surface area contributed by atoms with Crippen molar-refractivity contribution in [3.63, 3.8) is 0 Å². The fraction of sp³-hybridized carbons (Fsp3) is 0.250. The molecule has 0 saturated carbocycles. The maximum Gasteiger partial charge on any atom is 0.233 e. The Kier molecular flexibility index (Phi) is 6.48. The summed E-state index contributed by atoms with van der Waals surface area (Å²) in [6, 6.07) is 13.7. The van der Waals surface area contributed by atoms with Gasteiger partial charge in [-0.3, -0.25) is 14.3 Å². The van der Waals surface area contributed by atoms with Crippen LogP contribution in [0, 0.1) is 6.92 Å². The molecule has 1 aliphatic rings. The van der Waals surface area contributed by atoms with E-state index in [0.29, 0.717) is 48.9 Å². The minimum atomic E-state index is 0.0842. The fourth-order valence-electron chi connectivity index (χ4n) is 3.90. The first-order chi connectivity index (χ1) is 16.7. The van der Waals surface area contributed by atoms with Crippen LogP contribution in [0.3, 0.4) is 0 Å². The number of anilines is 1. The summed E-state index contributed by atoms with van der Waals surface area (Å²) in [4.78, 5) is 29.8. The smallest absolute Gasteiger partial charge is 0.233 e. The average Bonchev–Trinajstić information content (AvgIpc) is 3.32. The zero-order chi connectivity index (χ0) is 23.3. The van der Waals surface area contributed by atoms with Crippen LogP contribution in [0.1, 0.15) is 5.56 Å². The highest BCUT2D eigenvalue weighted by atomic mass is 32.2. The second-order valence-electron chi connectivity index (χ2n) is 7.88. The Labute approximate surface area is 201 Å². The van der Waals surface area contributed by atoms with Crippen LogP contribution in [0.15, 0.2) is 72.4 Å². The molecule has 0 radical (unpaired) electrons.